The second-order valence-electron chi connectivity index (χ2n) is 2.95. The van der Waals surface area contributed by atoms with Gasteiger partial charge in [0.25, 0.3) is 5.89 Å². The summed E-state index contributed by atoms with van der Waals surface area (Å²) in [5.41, 5.74) is 1.90. The molecule has 0 amide bonds. The van der Waals surface area contributed by atoms with E-state index < -0.39 is 0 Å². The first kappa shape index (κ1) is 9.61. The minimum atomic E-state index is 0.0470. The normalized spacial score (nSPS) is 11.0. The van der Waals surface area contributed by atoms with Crippen LogP contribution in [-0.2, 0) is 0 Å². The average molecular weight is 202 g/mol. The first-order valence-corrected chi connectivity index (χ1v) is 4.54. The molecule has 0 saturated carbocycles. The molecule has 0 aliphatic rings. The lowest BCUT2D eigenvalue weighted by Gasteiger charge is -1.95. The van der Waals surface area contributed by atoms with Crippen molar-refractivity contribution in [1.82, 2.24) is 10.1 Å². The van der Waals surface area contributed by atoms with E-state index in [9.17, 15) is 0 Å². The third-order valence-electron chi connectivity index (χ3n) is 1.93. The average Bonchev–Trinajstić information content (AvgIpc) is 2.80. The second-order valence-corrected chi connectivity index (χ2v) is 2.95. The van der Waals surface area contributed by atoms with Gasteiger partial charge in [-0.2, -0.15) is 4.98 Å². The van der Waals surface area contributed by atoms with Gasteiger partial charge in [-0.3, -0.25) is 0 Å². The van der Waals surface area contributed by atoms with Gasteiger partial charge in [0.05, 0.1) is 6.61 Å². The Morgan fingerprint density at radius 3 is 2.67 bits per heavy atom. The molecule has 4 nitrogen and oxygen atoms in total. The highest BCUT2D eigenvalue weighted by Gasteiger charge is 2.01. The van der Waals surface area contributed by atoms with Gasteiger partial charge in [-0.15, -0.1) is 0 Å². The number of benzene rings is 1. The summed E-state index contributed by atoms with van der Waals surface area (Å²) in [6.45, 7) is 0.0470. The fraction of sp³-hybridized carbons (Fsp3) is 0.0909. The quantitative estimate of drug-likeness (QED) is 0.823. The SMILES string of the molecule is OC/C=C/c1ccc(-c2ncno2)cc1. The third kappa shape index (κ3) is 2.30. The van der Waals surface area contributed by atoms with Gasteiger partial charge in [0, 0.05) is 5.56 Å². The van der Waals surface area contributed by atoms with E-state index in [-0.39, 0.29) is 6.61 Å². The zero-order chi connectivity index (χ0) is 10.5. The molecular weight excluding hydrogens is 192 g/mol. The van der Waals surface area contributed by atoms with E-state index in [2.05, 4.69) is 10.1 Å². The highest BCUT2D eigenvalue weighted by Crippen LogP contribution is 2.16. The fourth-order valence-corrected chi connectivity index (χ4v) is 1.23. The van der Waals surface area contributed by atoms with E-state index >= 15 is 0 Å². The van der Waals surface area contributed by atoms with Crippen LogP contribution in [0.3, 0.4) is 0 Å². The van der Waals surface area contributed by atoms with Gasteiger partial charge < -0.3 is 9.63 Å². The predicted octanol–water partition coefficient (Wildman–Crippen LogP) is 1.74. The molecule has 15 heavy (non-hydrogen) atoms. The molecule has 0 radical (unpaired) electrons. The molecule has 0 atom stereocenters. The smallest absolute Gasteiger partial charge is 0.257 e. The van der Waals surface area contributed by atoms with Gasteiger partial charge in [0.1, 0.15) is 0 Å². The van der Waals surface area contributed by atoms with Crippen molar-refractivity contribution in [1.29, 1.82) is 0 Å². The van der Waals surface area contributed by atoms with Gasteiger partial charge in [0.2, 0.25) is 0 Å². The number of hydrogen-bond acceptors (Lipinski definition) is 4. The highest BCUT2D eigenvalue weighted by molar-refractivity contribution is 5.58. The molecule has 1 N–H and O–H groups in total. The Bertz CT molecular complexity index is 432. The molecule has 0 aliphatic carbocycles. The first-order valence-electron chi connectivity index (χ1n) is 4.54. The summed E-state index contributed by atoms with van der Waals surface area (Å²) in [6.07, 6.45) is 4.90. The molecule has 0 saturated heterocycles. The minimum Gasteiger partial charge on any atom is -0.392 e. The van der Waals surface area contributed by atoms with Crippen LogP contribution in [-0.4, -0.2) is 21.9 Å². The zero-order valence-corrected chi connectivity index (χ0v) is 8.00. The number of nitrogens with zero attached hydrogens (tertiary/aromatic N) is 2. The van der Waals surface area contributed by atoms with Gasteiger partial charge in [-0.05, 0) is 17.7 Å². The topological polar surface area (TPSA) is 59.2 Å². The number of aliphatic hydroxyl groups excluding tert-OH is 1. The van der Waals surface area contributed by atoms with Crippen LogP contribution < -0.4 is 0 Å². The van der Waals surface area contributed by atoms with Crippen LogP contribution in [0, 0.1) is 0 Å². The largest absolute Gasteiger partial charge is 0.392 e. The second kappa shape index (κ2) is 4.52. The zero-order valence-electron chi connectivity index (χ0n) is 8.00. The lowest BCUT2D eigenvalue weighted by Crippen LogP contribution is -1.78. The van der Waals surface area contributed by atoms with Gasteiger partial charge in [-0.1, -0.05) is 29.4 Å². The summed E-state index contributed by atoms with van der Waals surface area (Å²) in [6, 6.07) is 7.63. The molecule has 2 rings (SSSR count). The summed E-state index contributed by atoms with van der Waals surface area (Å²) in [4.78, 5) is 3.94. The van der Waals surface area contributed by atoms with E-state index in [1.807, 2.05) is 30.3 Å². The summed E-state index contributed by atoms with van der Waals surface area (Å²) in [7, 11) is 0. The van der Waals surface area contributed by atoms with Crippen molar-refractivity contribution >= 4 is 6.08 Å². The van der Waals surface area contributed by atoms with Crippen molar-refractivity contribution in [3.8, 4) is 11.5 Å². The molecule has 2 aromatic rings. The monoisotopic (exact) mass is 202 g/mol. The third-order valence-corrected chi connectivity index (χ3v) is 1.93. The molecule has 1 heterocycles. The Hall–Kier alpha value is -1.94. The number of aromatic nitrogens is 2. The maximum Gasteiger partial charge on any atom is 0.257 e. The Morgan fingerprint density at radius 1 is 1.27 bits per heavy atom. The molecule has 0 bridgehead atoms. The highest BCUT2D eigenvalue weighted by atomic mass is 16.5. The Kier molecular flexibility index (Phi) is 2.90. The van der Waals surface area contributed by atoms with E-state index in [0.29, 0.717) is 5.89 Å². The molecule has 0 aliphatic heterocycles. The maximum absolute atomic E-state index is 8.61. The lowest BCUT2D eigenvalue weighted by atomic mass is 10.1. The van der Waals surface area contributed by atoms with E-state index in [1.54, 1.807) is 6.08 Å². The molecule has 0 spiro atoms. The van der Waals surface area contributed by atoms with Crippen molar-refractivity contribution in [2.45, 2.75) is 0 Å². The molecular formula is C11H10N2O2. The van der Waals surface area contributed by atoms with Crippen LogP contribution in [0.2, 0.25) is 0 Å². The molecule has 76 valence electrons. The minimum absolute atomic E-state index is 0.0470. The lowest BCUT2D eigenvalue weighted by molar-refractivity contribution is 0.343. The van der Waals surface area contributed by atoms with Crippen molar-refractivity contribution in [2.24, 2.45) is 0 Å². The fourth-order valence-electron chi connectivity index (χ4n) is 1.23. The van der Waals surface area contributed by atoms with Gasteiger partial charge in [-0.25, -0.2) is 0 Å². The molecule has 0 fully saturated rings. The van der Waals surface area contributed by atoms with Crippen molar-refractivity contribution in [3.63, 3.8) is 0 Å². The van der Waals surface area contributed by atoms with E-state index in [0.717, 1.165) is 11.1 Å². The van der Waals surface area contributed by atoms with E-state index in [1.165, 1.54) is 6.33 Å². The summed E-state index contributed by atoms with van der Waals surface area (Å²) in [5.74, 6) is 0.507. The first-order chi connectivity index (χ1) is 7.40. The van der Waals surface area contributed by atoms with Crippen LogP contribution >= 0.6 is 0 Å². The molecule has 4 heteroatoms. The standard InChI is InChI=1S/C11H10N2O2/c14-7-1-2-9-3-5-10(6-4-9)11-12-8-13-15-11/h1-6,8,14H,7H2/b2-1+. The maximum atomic E-state index is 8.61. The summed E-state index contributed by atoms with van der Waals surface area (Å²) < 4.78 is 4.92. The van der Waals surface area contributed by atoms with Gasteiger partial charge in [0.15, 0.2) is 6.33 Å². The predicted molar refractivity (Wildman–Crippen MR) is 55.9 cm³/mol. The summed E-state index contributed by atoms with van der Waals surface area (Å²) >= 11 is 0. The number of rotatable bonds is 3. The Labute approximate surface area is 86.9 Å². The molecule has 0 unspecified atom stereocenters. The van der Waals surface area contributed by atoms with Crippen molar-refractivity contribution < 1.29 is 9.63 Å². The summed E-state index contributed by atoms with van der Waals surface area (Å²) in [5, 5.41) is 12.1. The van der Waals surface area contributed by atoms with Crippen LogP contribution in [0.15, 0.2) is 41.2 Å². The van der Waals surface area contributed by atoms with Gasteiger partial charge >= 0.3 is 0 Å². The van der Waals surface area contributed by atoms with E-state index in [4.69, 9.17) is 9.63 Å². The Morgan fingerprint density at radius 2 is 2.07 bits per heavy atom. The van der Waals surface area contributed by atoms with Crippen molar-refractivity contribution in [3.05, 3.63) is 42.2 Å². The van der Waals surface area contributed by atoms with Crippen LogP contribution in [0.25, 0.3) is 17.5 Å². The molecule has 1 aromatic carbocycles. The van der Waals surface area contributed by atoms with Crippen LogP contribution in [0.5, 0.6) is 0 Å². The van der Waals surface area contributed by atoms with Crippen LogP contribution in [0.1, 0.15) is 5.56 Å². The van der Waals surface area contributed by atoms with Crippen molar-refractivity contribution in [2.75, 3.05) is 6.61 Å². The Balaban J connectivity index is 2.21. The van der Waals surface area contributed by atoms with Crippen LogP contribution in [0.4, 0.5) is 0 Å². The number of aliphatic hydroxyl groups is 1. The molecule has 1 aromatic heterocycles. The number of hydrogen-bond donors (Lipinski definition) is 1.